The molecule has 5 nitrogen and oxygen atoms in total. The summed E-state index contributed by atoms with van der Waals surface area (Å²) in [6.07, 6.45) is 0.862. The molecule has 1 aliphatic rings. The first kappa shape index (κ1) is 18.6. The van der Waals surface area contributed by atoms with Crippen molar-refractivity contribution in [1.82, 2.24) is 4.90 Å². The number of nitrogens with two attached hydrogens (primary N) is 1. The molecule has 1 saturated heterocycles. The van der Waals surface area contributed by atoms with Gasteiger partial charge in [-0.3, -0.25) is 4.79 Å². The second kappa shape index (κ2) is 7.21. The first-order valence-electron chi connectivity index (χ1n) is 8.69. The van der Waals surface area contributed by atoms with E-state index < -0.39 is 9.84 Å². The lowest BCUT2D eigenvalue weighted by atomic mass is 9.90. The van der Waals surface area contributed by atoms with E-state index in [9.17, 15) is 13.2 Å². The van der Waals surface area contributed by atoms with Gasteiger partial charge in [0.05, 0.1) is 10.6 Å². The molecule has 0 radical (unpaired) electrons. The quantitative estimate of drug-likeness (QED) is 0.874. The van der Waals surface area contributed by atoms with Crippen LogP contribution in [0.4, 0.5) is 0 Å². The normalized spacial score (nSPS) is 20.3. The molecular formula is C20H24N2O3S. The van der Waals surface area contributed by atoms with Crippen LogP contribution < -0.4 is 5.73 Å². The SMILES string of the molecule is CC1(CN)CCN(C(=O)c2cccc(S(=O)(=O)Cc3ccccc3)c2)C1. The highest BCUT2D eigenvalue weighted by Gasteiger charge is 2.35. The van der Waals surface area contributed by atoms with Crippen molar-refractivity contribution in [2.45, 2.75) is 24.0 Å². The van der Waals surface area contributed by atoms with Gasteiger partial charge in [0.15, 0.2) is 9.84 Å². The summed E-state index contributed by atoms with van der Waals surface area (Å²) in [6.45, 7) is 3.85. The fourth-order valence-electron chi connectivity index (χ4n) is 3.25. The molecule has 1 atom stereocenters. The topological polar surface area (TPSA) is 80.5 Å². The van der Waals surface area contributed by atoms with Crippen molar-refractivity contribution >= 4 is 15.7 Å². The highest BCUT2D eigenvalue weighted by Crippen LogP contribution is 2.30. The van der Waals surface area contributed by atoms with Gasteiger partial charge in [0, 0.05) is 18.7 Å². The molecule has 0 aliphatic carbocycles. The Morgan fingerprint density at radius 1 is 1.15 bits per heavy atom. The van der Waals surface area contributed by atoms with Crippen molar-refractivity contribution in [3.8, 4) is 0 Å². The lowest BCUT2D eigenvalue weighted by molar-refractivity contribution is 0.0776. The number of likely N-dealkylation sites (tertiary alicyclic amines) is 1. The molecule has 138 valence electrons. The lowest BCUT2D eigenvalue weighted by Crippen LogP contribution is -2.34. The van der Waals surface area contributed by atoms with Gasteiger partial charge in [-0.15, -0.1) is 0 Å². The van der Waals surface area contributed by atoms with Gasteiger partial charge < -0.3 is 10.6 Å². The molecule has 3 rings (SSSR count). The van der Waals surface area contributed by atoms with Gasteiger partial charge in [-0.2, -0.15) is 0 Å². The molecule has 0 aromatic heterocycles. The Kier molecular flexibility index (Phi) is 5.16. The van der Waals surface area contributed by atoms with Crippen molar-refractivity contribution < 1.29 is 13.2 Å². The minimum Gasteiger partial charge on any atom is -0.338 e. The first-order chi connectivity index (χ1) is 12.3. The maximum absolute atomic E-state index is 12.8. The van der Waals surface area contributed by atoms with E-state index in [2.05, 4.69) is 6.92 Å². The van der Waals surface area contributed by atoms with Gasteiger partial charge in [-0.1, -0.05) is 43.3 Å². The Labute approximate surface area is 154 Å². The molecule has 1 aliphatic heterocycles. The monoisotopic (exact) mass is 372 g/mol. The van der Waals surface area contributed by atoms with Crippen LogP contribution in [0.25, 0.3) is 0 Å². The van der Waals surface area contributed by atoms with E-state index in [0.717, 1.165) is 12.0 Å². The zero-order valence-electron chi connectivity index (χ0n) is 14.9. The Hall–Kier alpha value is -2.18. The largest absolute Gasteiger partial charge is 0.338 e. The van der Waals surface area contributed by atoms with Crippen molar-refractivity contribution in [2.75, 3.05) is 19.6 Å². The van der Waals surface area contributed by atoms with E-state index in [1.807, 2.05) is 18.2 Å². The van der Waals surface area contributed by atoms with Crippen LogP contribution in [-0.4, -0.2) is 38.9 Å². The molecule has 2 aromatic rings. The first-order valence-corrected chi connectivity index (χ1v) is 10.3. The van der Waals surface area contributed by atoms with Crippen molar-refractivity contribution in [2.24, 2.45) is 11.1 Å². The van der Waals surface area contributed by atoms with Gasteiger partial charge in [-0.05, 0) is 42.1 Å². The van der Waals surface area contributed by atoms with Gasteiger partial charge in [0.25, 0.3) is 5.91 Å². The molecule has 0 bridgehead atoms. The fraction of sp³-hybridized carbons (Fsp3) is 0.350. The van der Waals surface area contributed by atoms with Crippen LogP contribution in [0.2, 0.25) is 0 Å². The third-order valence-electron chi connectivity index (χ3n) is 4.98. The van der Waals surface area contributed by atoms with E-state index in [4.69, 9.17) is 5.73 Å². The predicted octanol–water partition coefficient (Wildman–Crippen LogP) is 2.47. The van der Waals surface area contributed by atoms with E-state index in [-0.39, 0.29) is 22.0 Å². The van der Waals surface area contributed by atoms with Gasteiger partial charge >= 0.3 is 0 Å². The summed E-state index contributed by atoms with van der Waals surface area (Å²) in [5, 5.41) is 0. The maximum atomic E-state index is 12.8. The summed E-state index contributed by atoms with van der Waals surface area (Å²) in [7, 11) is -3.51. The maximum Gasteiger partial charge on any atom is 0.253 e. The van der Waals surface area contributed by atoms with Crippen LogP contribution in [0.1, 0.15) is 29.3 Å². The number of amides is 1. The molecule has 1 amide bonds. The van der Waals surface area contributed by atoms with Gasteiger partial charge in [0.1, 0.15) is 0 Å². The molecule has 26 heavy (non-hydrogen) atoms. The molecule has 1 heterocycles. The number of benzene rings is 2. The minimum absolute atomic E-state index is 0.0628. The molecule has 1 unspecified atom stereocenters. The van der Waals surface area contributed by atoms with Crippen LogP contribution in [0.15, 0.2) is 59.5 Å². The van der Waals surface area contributed by atoms with Crippen LogP contribution in [0.3, 0.4) is 0 Å². The summed E-state index contributed by atoms with van der Waals surface area (Å²) in [6, 6.07) is 15.4. The molecule has 2 aromatic carbocycles. The number of carbonyl (C=O) groups is 1. The van der Waals surface area contributed by atoms with E-state index in [1.165, 1.54) is 6.07 Å². The third kappa shape index (κ3) is 3.97. The van der Waals surface area contributed by atoms with Crippen LogP contribution in [0, 0.1) is 5.41 Å². The predicted molar refractivity (Wildman–Crippen MR) is 101 cm³/mol. The standard InChI is InChI=1S/C20H24N2O3S/c1-20(14-21)10-11-22(15-20)19(23)17-8-5-9-18(12-17)26(24,25)13-16-6-3-2-4-7-16/h2-9,12H,10-11,13-15,21H2,1H3. The molecule has 1 fully saturated rings. The van der Waals surface area contributed by atoms with Crippen molar-refractivity contribution in [3.63, 3.8) is 0 Å². The van der Waals surface area contributed by atoms with Crippen molar-refractivity contribution in [3.05, 3.63) is 65.7 Å². The average Bonchev–Trinajstić information content (AvgIpc) is 3.05. The number of nitrogens with zero attached hydrogens (tertiary/aromatic N) is 1. The summed E-state index contributed by atoms with van der Waals surface area (Å²) >= 11 is 0. The van der Waals surface area contributed by atoms with E-state index >= 15 is 0 Å². The molecular weight excluding hydrogens is 348 g/mol. The summed E-state index contributed by atoms with van der Waals surface area (Å²) in [5.41, 5.74) is 6.87. The zero-order valence-corrected chi connectivity index (χ0v) is 15.7. The average molecular weight is 372 g/mol. The molecule has 0 spiro atoms. The lowest BCUT2D eigenvalue weighted by Gasteiger charge is -2.22. The fourth-order valence-corrected chi connectivity index (χ4v) is 4.64. The number of carbonyl (C=O) groups excluding carboxylic acids is 1. The summed E-state index contributed by atoms with van der Waals surface area (Å²) in [4.78, 5) is 14.7. The zero-order chi connectivity index (χ0) is 18.8. The second-order valence-corrected chi connectivity index (χ2v) is 9.25. The van der Waals surface area contributed by atoms with Crippen molar-refractivity contribution in [1.29, 1.82) is 0 Å². The smallest absolute Gasteiger partial charge is 0.253 e. The van der Waals surface area contributed by atoms with Gasteiger partial charge in [0.2, 0.25) is 0 Å². The van der Waals surface area contributed by atoms with E-state index in [1.54, 1.807) is 35.2 Å². The Morgan fingerprint density at radius 3 is 2.54 bits per heavy atom. The number of hydrogen-bond donors (Lipinski definition) is 1. The summed E-state index contributed by atoms with van der Waals surface area (Å²) < 4.78 is 25.4. The number of hydrogen-bond acceptors (Lipinski definition) is 4. The molecule has 6 heteroatoms. The second-order valence-electron chi connectivity index (χ2n) is 7.26. The molecule has 0 saturated carbocycles. The molecule has 2 N–H and O–H groups in total. The minimum atomic E-state index is -3.51. The highest BCUT2D eigenvalue weighted by atomic mass is 32.2. The van der Waals surface area contributed by atoms with E-state index in [0.29, 0.717) is 25.2 Å². The Balaban J connectivity index is 1.81. The Bertz CT molecular complexity index is 896. The Morgan fingerprint density at radius 2 is 1.88 bits per heavy atom. The highest BCUT2D eigenvalue weighted by molar-refractivity contribution is 7.90. The van der Waals surface area contributed by atoms with Crippen LogP contribution >= 0.6 is 0 Å². The summed E-state index contributed by atoms with van der Waals surface area (Å²) in [5.74, 6) is -0.223. The van der Waals surface area contributed by atoms with Crippen LogP contribution in [0.5, 0.6) is 0 Å². The van der Waals surface area contributed by atoms with Gasteiger partial charge in [-0.25, -0.2) is 8.42 Å². The van der Waals surface area contributed by atoms with Crippen LogP contribution in [-0.2, 0) is 15.6 Å². The number of sulfone groups is 1. The number of rotatable bonds is 5. The third-order valence-corrected chi connectivity index (χ3v) is 6.66.